The molecule has 0 fully saturated rings. The van der Waals surface area contributed by atoms with Crippen molar-refractivity contribution in [3.05, 3.63) is 69.8 Å². The van der Waals surface area contributed by atoms with Crippen LogP contribution in [-0.2, 0) is 6.18 Å². The Morgan fingerprint density at radius 3 is 2.24 bits per heavy atom. The molecule has 0 spiro atoms. The van der Waals surface area contributed by atoms with E-state index in [-0.39, 0.29) is 17.2 Å². The molecule has 0 saturated heterocycles. The van der Waals surface area contributed by atoms with Crippen molar-refractivity contribution in [2.45, 2.75) is 38.0 Å². The molecule has 0 saturated carbocycles. The summed E-state index contributed by atoms with van der Waals surface area (Å²) < 4.78 is 109. The van der Waals surface area contributed by atoms with E-state index in [0.29, 0.717) is 11.8 Å². The van der Waals surface area contributed by atoms with Crippen molar-refractivity contribution in [2.75, 3.05) is 5.75 Å². The van der Waals surface area contributed by atoms with Crippen molar-refractivity contribution >= 4 is 28.2 Å². The van der Waals surface area contributed by atoms with E-state index in [2.05, 4.69) is 20.1 Å². The second-order valence-electron chi connectivity index (χ2n) is 7.35. The molecule has 2 unspecified atom stereocenters. The second-order valence-corrected chi connectivity index (χ2v) is 8.61. The fraction of sp³-hybridized carbons (Fsp3) is 0.333. The predicted octanol–water partition coefficient (Wildman–Crippen LogP) is 8.09. The molecular formula is C21H14F8N4S. The van der Waals surface area contributed by atoms with Crippen LogP contribution >= 0.6 is 11.8 Å². The van der Waals surface area contributed by atoms with Crippen LogP contribution in [0.15, 0.2) is 33.4 Å². The lowest BCUT2D eigenvalue weighted by Crippen LogP contribution is -2.30. The summed E-state index contributed by atoms with van der Waals surface area (Å²) in [4.78, 5) is 7.05. The standard InChI is InChI=1S/C21H14F8N4S/c1-4-34-19(31-9-5-6-11(30-3)10(7-9)21(27,28)29)20(2)8-12(32-33-20)13-14(22)16(24)18(26)17(25)15(13)23/h5-7,12H,4,8H2,1-2H3. The van der Waals surface area contributed by atoms with E-state index in [1.165, 1.54) is 13.0 Å². The van der Waals surface area contributed by atoms with E-state index in [1.807, 2.05) is 0 Å². The summed E-state index contributed by atoms with van der Waals surface area (Å²) in [7, 11) is 0. The van der Waals surface area contributed by atoms with Crippen molar-refractivity contribution < 1.29 is 35.1 Å². The van der Waals surface area contributed by atoms with Gasteiger partial charge in [-0.2, -0.15) is 23.4 Å². The molecule has 1 heterocycles. The molecule has 13 heteroatoms. The molecule has 0 aromatic heterocycles. The zero-order chi connectivity index (χ0) is 25.4. The van der Waals surface area contributed by atoms with Crippen LogP contribution in [0.2, 0.25) is 0 Å². The first-order chi connectivity index (χ1) is 15.8. The van der Waals surface area contributed by atoms with Crippen molar-refractivity contribution in [2.24, 2.45) is 15.2 Å². The molecule has 0 bridgehead atoms. The zero-order valence-corrected chi connectivity index (χ0v) is 18.3. The lowest BCUT2D eigenvalue weighted by Gasteiger charge is -2.22. The number of alkyl halides is 3. The Kier molecular flexibility index (Phi) is 7.02. The number of hydrogen-bond donors (Lipinski definition) is 0. The van der Waals surface area contributed by atoms with Gasteiger partial charge in [0, 0.05) is 6.42 Å². The number of halogens is 8. The van der Waals surface area contributed by atoms with Crippen LogP contribution < -0.4 is 0 Å². The van der Waals surface area contributed by atoms with E-state index in [9.17, 15) is 35.1 Å². The molecular weight excluding hydrogens is 492 g/mol. The lowest BCUT2D eigenvalue weighted by atomic mass is 9.92. The average molecular weight is 506 g/mol. The van der Waals surface area contributed by atoms with Gasteiger partial charge in [0.1, 0.15) is 16.6 Å². The number of hydrogen-bond acceptors (Lipinski definition) is 4. The number of aliphatic imine (C=N–C) groups is 1. The minimum Gasteiger partial charge on any atom is -0.244 e. The minimum absolute atomic E-state index is 0.119. The quantitative estimate of drug-likeness (QED) is 0.103. The Hall–Kier alpha value is -3.01. The van der Waals surface area contributed by atoms with Gasteiger partial charge in [0.15, 0.2) is 29.0 Å². The molecule has 2 aromatic carbocycles. The van der Waals surface area contributed by atoms with Crippen LogP contribution in [0.1, 0.15) is 37.4 Å². The highest BCUT2D eigenvalue weighted by atomic mass is 32.2. The minimum atomic E-state index is -4.81. The number of rotatable bonds is 4. The van der Waals surface area contributed by atoms with Gasteiger partial charge in [0.05, 0.1) is 23.4 Å². The summed E-state index contributed by atoms with van der Waals surface area (Å²) in [6, 6.07) is 1.29. The van der Waals surface area contributed by atoms with E-state index >= 15 is 0 Å². The van der Waals surface area contributed by atoms with Crippen molar-refractivity contribution in [1.29, 1.82) is 0 Å². The summed E-state index contributed by atoms with van der Waals surface area (Å²) >= 11 is 1.06. The van der Waals surface area contributed by atoms with Gasteiger partial charge in [0.2, 0.25) is 5.82 Å². The molecule has 0 amide bonds. The molecule has 1 aliphatic rings. The molecule has 2 aromatic rings. The number of nitrogens with zero attached hydrogens (tertiary/aromatic N) is 4. The van der Waals surface area contributed by atoms with Crippen molar-refractivity contribution in [3.63, 3.8) is 0 Å². The molecule has 2 atom stereocenters. The first-order valence-electron chi connectivity index (χ1n) is 9.58. The molecule has 0 radical (unpaired) electrons. The normalized spacial score (nSPS) is 20.6. The van der Waals surface area contributed by atoms with E-state index < -0.39 is 63.7 Å². The van der Waals surface area contributed by atoms with Crippen LogP contribution in [0.4, 0.5) is 46.5 Å². The average Bonchev–Trinajstić information content (AvgIpc) is 3.18. The maximum absolute atomic E-state index is 14.2. The summed E-state index contributed by atoms with van der Waals surface area (Å²) in [6.45, 7) is 10.1. The Morgan fingerprint density at radius 2 is 1.71 bits per heavy atom. The monoisotopic (exact) mass is 506 g/mol. The first kappa shape index (κ1) is 25.6. The van der Waals surface area contributed by atoms with Crippen LogP contribution in [0.3, 0.4) is 0 Å². The third kappa shape index (κ3) is 4.64. The van der Waals surface area contributed by atoms with Gasteiger partial charge in [0.25, 0.3) is 0 Å². The van der Waals surface area contributed by atoms with Gasteiger partial charge < -0.3 is 0 Å². The fourth-order valence-electron chi connectivity index (χ4n) is 3.34. The van der Waals surface area contributed by atoms with E-state index in [1.54, 1.807) is 6.92 Å². The Morgan fingerprint density at radius 1 is 1.12 bits per heavy atom. The summed E-state index contributed by atoms with van der Waals surface area (Å²) in [5.74, 6) is -10.2. The van der Waals surface area contributed by atoms with E-state index in [4.69, 9.17) is 6.57 Å². The molecule has 34 heavy (non-hydrogen) atoms. The lowest BCUT2D eigenvalue weighted by molar-refractivity contribution is -0.136. The van der Waals surface area contributed by atoms with Crippen molar-refractivity contribution in [1.82, 2.24) is 0 Å². The van der Waals surface area contributed by atoms with Crippen LogP contribution in [0.5, 0.6) is 0 Å². The second kappa shape index (κ2) is 9.32. The predicted molar refractivity (Wildman–Crippen MR) is 110 cm³/mol. The maximum Gasteiger partial charge on any atom is 0.407 e. The van der Waals surface area contributed by atoms with Gasteiger partial charge in [-0.1, -0.05) is 13.0 Å². The van der Waals surface area contributed by atoms with Crippen LogP contribution in [0, 0.1) is 35.7 Å². The molecule has 0 N–H and O–H groups in total. The Bertz CT molecular complexity index is 1210. The third-order valence-electron chi connectivity index (χ3n) is 4.96. The summed E-state index contributed by atoms with van der Waals surface area (Å²) in [6.07, 6.45) is -5.15. The summed E-state index contributed by atoms with van der Waals surface area (Å²) in [5.41, 5.74) is -4.53. The van der Waals surface area contributed by atoms with Gasteiger partial charge in [-0.15, -0.1) is 11.8 Å². The van der Waals surface area contributed by atoms with Crippen LogP contribution in [-0.4, -0.2) is 16.3 Å². The largest absolute Gasteiger partial charge is 0.407 e. The van der Waals surface area contributed by atoms with Gasteiger partial charge in [-0.25, -0.2) is 31.8 Å². The maximum atomic E-state index is 14.2. The Labute approximate surface area is 192 Å². The van der Waals surface area contributed by atoms with Gasteiger partial charge in [-0.3, -0.25) is 0 Å². The number of azo groups is 1. The smallest absolute Gasteiger partial charge is 0.244 e. The van der Waals surface area contributed by atoms with Crippen molar-refractivity contribution in [3.8, 4) is 0 Å². The van der Waals surface area contributed by atoms with Gasteiger partial charge in [-0.05, 0) is 24.8 Å². The SMILES string of the molecule is [C-]#[N+]c1ccc(N=C(SCC)C2(C)CC(c3c(F)c(F)c(F)c(F)c3F)N=N2)cc1C(F)(F)F. The Balaban J connectivity index is 2.03. The molecule has 1 aliphatic heterocycles. The van der Waals surface area contributed by atoms with E-state index in [0.717, 1.165) is 17.8 Å². The molecule has 3 rings (SSSR count). The van der Waals surface area contributed by atoms with Gasteiger partial charge >= 0.3 is 6.18 Å². The van der Waals surface area contributed by atoms with Crippen LogP contribution in [0.25, 0.3) is 4.85 Å². The molecule has 0 aliphatic carbocycles. The third-order valence-corrected chi connectivity index (χ3v) is 6.06. The first-order valence-corrected chi connectivity index (χ1v) is 10.6. The number of benzene rings is 2. The number of thioether (sulfide) groups is 1. The summed E-state index contributed by atoms with van der Waals surface area (Å²) in [5, 5.41) is 7.76. The molecule has 180 valence electrons. The highest BCUT2D eigenvalue weighted by Gasteiger charge is 2.43. The molecule has 4 nitrogen and oxygen atoms in total. The topological polar surface area (TPSA) is 41.4 Å². The highest BCUT2D eigenvalue weighted by molar-refractivity contribution is 8.14. The highest BCUT2D eigenvalue weighted by Crippen LogP contribution is 2.44. The fourth-order valence-corrected chi connectivity index (χ4v) is 4.22. The zero-order valence-electron chi connectivity index (χ0n) is 17.4.